The van der Waals surface area contributed by atoms with E-state index in [4.69, 9.17) is 5.73 Å². The largest absolute Gasteiger partial charge is 0.329 e. The molecule has 1 aromatic rings. The molecule has 18 heavy (non-hydrogen) atoms. The molecule has 102 valence electrons. The zero-order valence-corrected chi connectivity index (χ0v) is 12.1. The third-order valence-corrected chi connectivity index (χ3v) is 4.34. The molecule has 1 rings (SSSR count). The fourth-order valence-electron chi connectivity index (χ4n) is 2.16. The van der Waals surface area contributed by atoms with E-state index in [9.17, 15) is 8.42 Å². The normalized spacial score (nSPS) is 11.8. The standard InChI is InChI=1S/C13H22N2O2S/c1-10-8-11(2)13(12(3)9-10)4-6-15-18(16,17)7-5-14/h8-9,15H,4-7,14H2,1-3H3. The Kier molecular flexibility index (Phi) is 5.31. The highest BCUT2D eigenvalue weighted by atomic mass is 32.2. The Morgan fingerprint density at radius 1 is 1.17 bits per heavy atom. The monoisotopic (exact) mass is 270 g/mol. The molecule has 4 nitrogen and oxygen atoms in total. The van der Waals surface area contributed by atoms with E-state index in [1.54, 1.807) is 0 Å². The van der Waals surface area contributed by atoms with Crippen LogP contribution in [0.3, 0.4) is 0 Å². The van der Waals surface area contributed by atoms with E-state index in [0.29, 0.717) is 13.0 Å². The molecular weight excluding hydrogens is 248 g/mol. The third kappa shape index (κ3) is 4.40. The molecule has 0 amide bonds. The van der Waals surface area contributed by atoms with Crippen molar-refractivity contribution in [2.24, 2.45) is 5.73 Å². The average Bonchev–Trinajstić information content (AvgIpc) is 2.21. The number of hydrogen-bond donors (Lipinski definition) is 2. The van der Waals surface area contributed by atoms with Gasteiger partial charge in [-0.3, -0.25) is 0 Å². The van der Waals surface area contributed by atoms with Crippen LogP contribution in [0, 0.1) is 20.8 Å². The lowest BCUT2D eigenvalue weighted by atomic mass is 9.97. The lowest BCUT2D eigenvalue weighted by Crippen LogP contribution is -2.31. The summed E-state index contributed by atoms with van der Waals surface area (Å²) in [6.45, 7) is 6.76. The Hall–Kier alpha value is -0.910. The Labute approximate surface area is 110 Å². The van der Waals surface area contributed by atoms with Gasteiger partial charge in [-0.1, -0.05) is 17.7 Å². The summed E-state index contributed by atoms with van der Waals surface area (Å²) in [4.78, 5) is 0. The van der Waals surface area contributed by atoms with Crippen molar-refractivity contribution in [3.63, 3.8) is 0 Å². The number of rotatable bonds is 6. The average molecular weight is 270 g/mol. The summed E-state index contributed by atoms with van der Waals surface area (Å²) in [6, 6.07) is 4.24. The van der Waals surface area contributed by atoms with E-state index in [0.717, 1.165) is 0 Å². The fourth-order valence-corrected chi connectivity index (χ4v) is 3.03. The summed E-state index contributed by atoms with van der Waals surface area (Å²) in [7, 11) is -3.21. The van der Waals surface area contributed by atoms with Gasteiger partial charge in [0, 0.05) is 13.1 Å². The van der Waals surface area contributed by atoms with E-state index in [-0.39, 0.29) is 12.3 Å². The van der Waals surface area contributed by atoms with Crippen LogP contribution in [-0.2, 0) is 16.4 Å². The Bertz CT molecular complexity index is 487. The molecule has 3 N–H and O–H groups in total. The van der Waals surface area contributed by atoms with Crippen molar-refractivity contribution < 1.29 is 8.42 Å². The highest BCUT2D eigenvalue weighted by Gasteiger charge is 2.09. The number of sulfonamides is 1. The number of aryl methyl sites for hydroxylation is 3. The summed E-state index contributed by atoms with van der Waals surface area (Å²) in [5.41, 5.74) is 10.1. The molecule has 0 aliphatic heterocycles. The van der Waals surface area contributed by atoms with Gasteiger partial charge in [0.05, 0.1) is 5.75 Å². The minimum atomic E-state index is -3.21. The lowest BCUT2D eigenvalue weighted by Gasteiger charge is -2.12. The smallest absolute Gasteiger partial charge is 0.212 e. The molecule has 0 aromatic heterocycles. The Balaban J connectivity index is 2.65. The topological polar surface area (TPSA) is 72.2 Å². The second kappa shape index (κ2) is 6.31. The van der Waals surface area contributed by atoms with Gasteiger partial charge < -0.3 is 5.73 Å². The minimum absolute atomic E-state index is 0.0150. The molecule has 5 heteroatoms. The second-order valence-electron chi connectivity index (χ2n) is 4.63. The zero-order chi connectivity index (χ0) is 13.8. The Morgan fingerprint density at radius 3 is 2.22 bits per heavy atom. The van der Waals surface area contributed by atoms with Gasteiger partial charge in [-0.2, -0.15) is 0 Å². The van der Waals surface area contributed by atoms with Gasteiger partial charge in [0.1, 0.15) is 0 Å². The first-order chi connectivity index (χ1) is 8.35. The first kappa shape index (κ1) is 15.1. The van der Waals surface area contributed by atoms with Crippen molar-refractivity contribution in [3.8, 4) is 0 Å². The summed E-state index contributed by atoms with van der Waals surface area (Å²) < 4.78 is 25.5. The van der Waals surface area contributed by atoms with E-state index in [1.165, 1.54) is 22.3 Å². The highest BCUT2D eigenvalue weighted by molar-refractivity contribution is 7.89. The van der Waals surface area contributed by atoms with Crippen LogP contribution in [0.1, 0.15) is 22.3 Å². The van der Waals surface area contributed by atoms with E-state index >= 15 is 0 Å². The second-order valence-corrected chi connectivity index (χ2v) is 6.56. The van der Waals surface area contributed by atoms with Crippen molar-refractivity contribution in [2.45, 2.75) is 27.2 Å². The molecule has 0 heterocycles. The first-order valence-corrected chi connectivity index (χ1v) is 7.75. The first-order valence-electron chi connectivity index (χ1n) is 6.10. The van der Waals surface area contributed by atoms with Crippen LogP contribution in [0.4, 0.5) is 0 Å². The van der Waals surface area contributed by atoms with Gasteiger partial charge in [0.2, 0.25) is 10.0 Å². The van der Waals surface area contributed by atoms with Crippen molar-refractivity contribution in [3.05, 3.63) is 34.4 Å². The number of hydrogen-bond acceptors (Lipinski definition) is 3. The maximum Gasteiger partial charge on any atom is 0.212 e. The van der Waals surface area contributed by atoms with Gasteiger partial charge in [0.25, 0.3) is 0 Å². The van der Waals surface area contributed by atoms with Crippen molar-refractivity contribution in [2.75, 3.05) is 18.8 Å². The van der Waals surface area contributed by atoms with E-state index in [2.05, 4.69) is 37.6 Å². The van der Waals surface area contributed by atoms with Crippen LogP contribution < -0.4 is 10.5 Å². The molecule has 1 aromatic carbocycles. The predicted octanol–water partition coefficient (Wildman–Crippen LogP) is 1.03. The number of nitrogens with one attached hydrogen (secondary N) is 1. The molecule has 0 bridgehead atoms. The van der Waals surface area contributed by atoms with E-state index in [1.807, 2.05) is 0 Å². The van der Waals surface area contributed by atoms with Crippen LogP contribution in [0.25, 0.3) is 0 Å². The summed E-state index contributed by atoms with van der Waals surface area (Å²) in [6.07, 6.45) is 0.710. The van der Waals surface area contributed by atoms with Gasteiger partial charge in [-0.25, -0.2) is 13.1 Å². The molecule has 0 atom stereocenters. The third-order valence-electron chi connectivity index (χ3n) is 2.92. The van der Waals surface area contributed by atoms with Crippen LogP contribution in [-0.4, -0.2) is 27.3 Å². The molecular formula is C13H22N2O2S. The summed E-state index contributed by atoms with van der Waals surface area (Å²) in [5, 5.41) is 0. The fraction of sp³-hybridized carbons (Fsp3) is 0.538. The van der Waals surface area contributed by atoms with Gasteiger partial charge in [0.15, 0.2) is 0 Å². The molecule has 0 spiro atoms. The molecule has 0 fully saturated rings. The van der Waals surface area contributed by atoms with Crippen molar-refractivity contribution >= 4 is 10.0 Å². The summed E-state index contributed by atoms with van der Waals surface area (Å²) >= 11 is 0. The quantitative estimate of drug-likeness (QED) is 0.811. The molecule has 0 saturated carbocycles. The lowest BCUT2D eigenvalue weighted by molar-refractivity contribution is 0.581. The van der Waals surface area contributed by atoms with E-state index < -0.39 is 10.0 Å². The molecule has 0 saturated heterocycles. The number of nitrogens with two attached hydrogens (primary N) is 1. The van der Waals surface area contributed by atoms with Crippen LogP contribution in [0.5, 0.6) is 0 Å². The molecule has 0 aliphatic rings. The predicted molar refractivity (Wildman–Crippen MR) is 75.2 cm³/mol. The van der Waals surface area contributed by atoms with Crippen LogP contribution in [0.2, 0.25) is 0 Å². The van der Waals surface area contributed by atoms with Gasteiger partial charge in [-0.05, 0) is 43.9 Å². The van der Waals surface area contributed by atoms with Crippen LogP contribution in [0.15, 0.2) is 12.1 Å². The maximum atomic E-state index is 11.5. The zero-order valence-electron chi connectivity index (χ0n) is 11.3. The van der Waals surface area contributed by atoms with Crippen molar-refractivity contribution in [1.29, 1.82) is 0 Å². The minimum Gasteiger partial charge on any atom is -0.329 e. The number of benzene rings is 1. The van der Waals surface area contributed by atoms with Crippen LogP contribution >= 0.6 is 0 Å². The Morgan fingerprint density at radius 2 is 1.72 bits per heavy atom. The van der Waals surface area contributed by atoms with Gasteiger partial charge in [-0.15, -0.1) is 0 Å². The SMILES string of the molecule is Cc1cc(C)c(CCNS(=O)(=O)CCN)c(C)c1. The molecule has 0 unspecified atom stereocenters. The maximum absolute atomic E-state index is 11.5. The highest BCUT2D eigenvalue weighted by Crippen LogP contribution is 2.16. The molecule has 0 aliphatic carbocycles. The summed E-state index contributed by atoms with van der Waals surface area (Å²) in [5.74, 6) is -0.0150. The molecule has 0 radical (unpaired) electrons. The van der Waals surface area contributed by atoms with Gasteiger partial charge >= 0.3 is 0 Å². The van der Waals surface area contributed by atoms with Crippen molar-refractivity contribution in [1.82, 2.24) is 4.72 Å².